The first-order chi connectivity index (χ1) is 15.9. The van der Waals surface area contributed by atoms with Gasteiger partial charge in [0.25, 0.3) is 11.5 Å². The fourth-order valence-electron chi connectivity index (χ4n) is 3.90. The lowest BCUT2D eigenvalue weighted by Crippen LogP contribution is -2.40. The number of rotatable bonds is 4. The highest BCUT2D eigenvalue weighted by molar-refractivity contribution is 7.10. The van der Waals surface area contributed by atoms with Gasteiger partial charge in [-0.25, -0.2) is 4.99 Å². The summed E-state index contributed by atoms with van der Waals surface area (Å²) in [6, 6.07) is 11.0. The van der Waals surface area contributed by atoms with Crippen molar-refractivity contribution < 1.29 is 4.79 Å². The summed E-state index contributed by atoms with van der Waals surface area (Å²) < 4.78 is 3.88. The number of aryl methyl sites for hydroxylation is 2. The maximum atomic E-state index is 13.5. The molecule has 3 aromatic heterocycles. The monoisotopic (exact) mass is 475 g/mol. The summed E-state index contributed by atoms with van der Waals surface area (Å²) in [6.45, 7) is 3.77. The Labute approximate surface area is 197 Å². The highest BCUT2D eigenvalue weighted by atomic mass is 32.1. The van der Waals surface area contributed by atoms with Crippen molar-refractivity contribution in [3.8, 4) is 0 Å². The molecule has 0 unspecified atom stereocenters. The number of hydrogen-bond donors (Lipinski definition) is 1. The van der Waals surface area contributed by atoms with E-state index in [0.29, 0.717) is 20.6 Å². The number of thiophene rings is 1. The largest absolute Gasteiger partial charge is 0.322 e. The maximum absolute atomic E-state index is 13.5. The second kappa shape index (κ2) is 8.42. The third kappa shape index (κ3) is 3.90. The lowest BCUT2D eigenvalue weighted by Gasteiger charge is -2.24. The summed E-state index contributed by atoms with van der Waals surface area (Å²) in [5.41, 5.74) is 3.45. The molecule has 4 heterocycles. The quantitative estimate of drug-likeness (QED) is 0.493. The van der Waals surface area contributed by atoms with Crippen LogP contribution in [0.1, 0.15) is 29.0 Å². The summed E-state index contributed by atoms with van der Waals surface area (Å²) in [4.78, 5) is 33.2. The Bertz CT molecular complexity index is 1570. The predicted molar refractivity (Wildman–Crippen MR) is 131 cm³/mol. The van der Waals surface area contributed by atoms with Crippen molar-refractivity contribution in [2.24, 2.45) is 12.0 Å². The van der Waals surface area contributed by atoms with Crippen molar-refractivity contribution in [1.29, 1.82) is 0 Å². The number of fused-ring (bicyclic) bond motifs is 1. The zero-order chi connectivity index (χ0) is 23.1. The zero-order valence-corrected chi connectivity index (χ0v) is 19.9. The Hall–Kier alpha value is -3.56. The molecule has 166 valence electrons. The van der Waals surface area contributed by atoms with E-state index in [9.17, 15) is 9.59 Å². The van der Waals surface area contributed by atoms with Gasteiger partial charge in [-0.1, -0.05) is 35.6 Å². The van der Waals surface area contributed by atoms with Crippen LogP contribution in [0.5, 0.6) is 0 Å². The van der Waals surface area contributed by atoms with E-state index in [0.717, 1.165) is 21.7 Å². The average molecular weight is 476 g/mol. The molecule has 4 aromatic rings. The molecule has 7 nitrogen and oxygen atoms in total. The molecular weight excluding hydrogens is 454 g/mol. The third-order valence-corrected chi connectivity index (χ3v) is 7.40. The molecule has 1 amide bonds. The van der Waals surface area contributed by atoms with E-state index >= 15 is 0 Å². The summed E-state index contributed by atoms with van der Waals surface area (Å²) in [6.07, 6.45) is 5.37. The van der Waals surface area contributed by atoms with E-state index in [1.165, 1.54) is 22.7 Å². The lowest BCUT2D eigenvalue weighted by atomic mass is 10.0. The van der Waals surface area contributed by atoms with Crippen molar-refractivity contribution in [1.82, 2.24) is 14.3 Å². The molecule has 0 bridgehead atoms. The maximum Gasteiger partial charge on any atom is 0.271 e. The van der Waals surface area contributed by atoms with Gasteiger partial charge in [0.2, 0.25) is 0 Å². The van der Waals surface area contributed by atoms with Crippen molar-refractivity contribution in [3.05, 3.63) is 101 Å². The van der Waals surface area contributed by atoms with Crippen molar-refractivity contribution in [2.75, 3.05) is 5.32 Å². The highest BCUT2D eigenvalue weighted by Crippen LogP contribution is 2.33. The van der Waals surface area contributed by atoms with Gasteiger partial charge in [-0.2, -0.15) is 5.10 Å². The standard InChI is InChI=1S/C24H21N5O2S2/c1-14-7-4-5-8-17(14)27-22(30)20-15(2)26-24-29(21(20)18-9-6-10-32-18)23(31)19(33-24)11-16-12-25-28(3)13-16/h4-13,21H,1-3H3,(H,27,30)/t21-/m0/s1. The van der Waals surface area contributed by atoms with Crippen molar-refractivity contribution in [2.45, 2.75) is 19.9 Å². The number of para-hydroxylation sites is 1. The summed E-state index contributed by atoms with van der Waals surface area (Å²) in [7, 11) is 1.83. The number of nitrogens with zero attached hydrogens (tertiary/aromatic N) is 4. The van der Waals surface area contributed by atoms with Crippen LogP contribution in [0, 0.1) is 6.92 Å². The molecule has 1 aliphatic heterocycles. The minimum absolute atomic E-state index is 0.172. The fourth-order valence-corrected chi connectivity index (χ4v) is 5.77. The minimum atomic E-state index is -0.540. The first-order valence-corrected chi connectivity index (χ1v) is 12.0. The highest BCUT2D eigenvalue weighted by Gasteiger charge is 2.33. The molecule has 9 heteroatoms. The number of hydrogen-bond acceptors (Lipinski definition) is 6. The number of anilines is 1. The van der Waals surface area contributed by atoms with Gasteiger partial charge < -0.3 is 5.32 Å². The number of thiazole rings is 1. The molecule has 1 atom stereocenters. The molecule has 0 saturated carbocycles. The van der Waals surface area contributed by atoms with Crippen molar-refractivity contribution in [3.63, 3.8) is 0 Å². The Morgan fingerprint density at radius 3 is 2.70 bits per heavy atom. The molecule has 0 fully saturated rings. The minimum Gasteiger partial charge on any atom is -0.322 e. The van der Waals surface area contributed by atoms with E-state index in [1.54, 1.807) is 15.4 Å². The Balaban J connectivity index is 1.65. The van der Waals surface area contributed by atoms with E-state index in [1.807, 2.05) is 74.9 Å². The van der Waals surface area contributed by atoms with Crippen LogP contribution in [0.4, 0.5) is 5.69 Å². The van der Waals surface area contributed by atoms with Crippen LogP contribution >= 0.6 is 22.7 Å². The number of aromatic nitrogens is 3. The van der Waals surface area contributed by atoms with Gasteiger partial charge in [0.15, 0.2) is 4.80 Å². The summed E-state index contributed by atoms with van der Waals surface area (Å²) >= 11 is 2.84. The van der Waals surface area contributed by atoms with Crippen LogP contribution in [0.3, 0.4) is 0 Å². The molecule has 33 heavy (non-hydrogen) atoms. The van der Waals surface area contributed by atoms with Gasteiger partial charge in [0, 0.05) is 29.4 Å². The summed E-state index contributed by atoms with van der Waals surface area (Å²) in [5, 5.41) is 9.14. The number of carbonyl (C=O) groups excluding carboxylic acids is 1. The van der Waals surface area contributed by atoms with E-state index < -0.39 is 6.04 Å². The van der Waals surface area contributed by atoms with Crippen LogP contribution < -0.4 is 20.2 Å². The Kier molecular flexibility index (Phi) is 5.43. The smallest absolute Gasteiger partial charge is 0.271 e. The van der Waals surface area contributed by atoms with Crippen LogP contribution in [-0.2, 0) is 11.8 Å². The van der Waals surface area contributed by atoms with Crippen LogP contribution in [-0.4, -0.2) is 20.3 Å². The van der Waals surface area contributed by atoms with Crippen LogP contribution in [0.25, 0.3) is 6.08 Å². The predicted octanol–water partition coefficient (Wildman–Crippen LogP) is 2.98. The van der Waals surface area contributed by atoms with Crippen molar-refractivity contribution >= 4 is 40.3 Å². The van der Waals surface area contributed by atoms with E-state index in [4.69, 9.17) is 0 Å². The number of allylic oxidation sites excluding steroid dienone is 1. The van der Waals surface area contributed by atoms with Gasteiger partial charge in [-0.3, -0.25) is 18.8 Å². The third-order valence-electron chi connectivity index (χ3n) is 5.49. The average Bonchev–Trinajstić information content (AvgIpc) is 3.51. The van der Waals surface area contributed by atoms with Crippen LogP contribution in [0.2, 0.25) is 0 Å². The zero-order valence-electron chi connectivity index (χ0n) is 18.3. The lowest BCUT2D eigenvalue weighted by molar-refractivity contribution is -0.113. The number of amides is 1. The molecule has 0 radical (unpaired) electrons. The number of carbonyl (C=O) groups is 1. The van der Waals surface area contributed by atoms with Gasteiger partial charge in [0.1, 0.15) is 6.04 Å². The Morgan fingerprint density at radius 1 is 1.18 bits per heavy atom. The normalized spacial score (nSPS) is 16.0. The molecule has 1 aromatic carbocycles. The van der Waals surface area contributed by atoms with Gasteiger partial charge in [-0.05, 0) is 43.0 Å². The number of benzene rings is 1. The second-order valence-electron chi connectivity index (χ2n) is 7.81. The Morgan fingerprint density at radius 2 is 2.00 bits per heavy atom. The molecule has 0 spiro atoms. The molecular formula is C24H21N5O2S2. The summed E-state index contributed by atoms with van der Waals surface area (Å²) in [5.74, 6) is -0.259. The topological polar surface area (TPSA) is 81.3 Å². The SMILES string of the molecule is CC1=C(C(=O)Nc2ccccc2C)[C@H](c2cccs2)n2c(sc(=Cc3cnn(C)c3)c2=O)=N1. The molecule has 0 aliphatic carbocycles. The fraction of sp³-hybridized carbons (Fsp3) is 0.167. The van der Waals surface area contributed by atoms with Gasteiger partial charge in [-0.15, -0.1) is 11.3 Å². The second-order valence-corrected chi connectivity index (χ2v) is 9.80. The first kappa shape index (κ1) is 21.3. The molecule has 5 rings (SSSR count). The van der Waals surface area contributed by atoms with Gasteiger partial charge in [0.05, 0.1) is 22.0 Å². The van der Waals surface area contributed by atoms with Gasteiger partial charge >= 0.3 is 0 Å². The van der Waals surface area contributed by atoms with Crippen LogP contribution in [0.15, 0.2) is 75.2 Å². The molecule has 0 saturated heterocycles. The molecule has 1 aliphatic rings. The van der Waals surface area contributed by atoms with E-state index in [2.05, 4.69) is 15.4 Å². The van der Waals surface area contributed by atoms with E-state index in [-0.39, 0.29) is 11.5 Å². The molecule has 1 N–H and O–H groups in total. The first-order valence-electron chi connectivity index (χ1n) is 10.3. The number of nitrogens with one attached hydrogen (secondary N) is 1.